The topological polar surface area (TPSA) is 37.8 Å². The summed E-state index contributed by atoms with van der Waals surface area (Å²) in [5.74, 6) is -0.921. The smallest absolute Gasteiger partial charge is 0.128 e. The number of rotatable bonds is 2. The van der Waals surface area contributed by atoms with Crippen molar-refractivity contribution in [1.29, 1.82) is 0 Å². The molecule has 1 unspecified atom stereocenters. The highest BCUT2D eigenvalue weighted by molar-refractivity contribution is 5.61. The number of hydrogen-bond donors (Lipinski definition) is 1. The lowest BCUT2D eigenvalue weighted by Gasteiger charge is -2.20. The predicted molar refractivity (Wildman–Crippen MR) is 92.0 cm³/mol. The van der Waals surface area contributed by atoms with Gasteiger partial charge >= 0.3 is 0 Å². The van der Waals surface area contributed by atoms with Gasteiger partial charge in [-0.1, -0.05) is 18.2 Å². The molecular weight excluding hydrogens is 320 g/mol. The van der Waals surface area contributed by atoms with Crippen LogP contribution in [0.15, 0.2) is 54.7 Å². The molecule has 2 heterocycles. The zero-order chi connectivity index (χ0) is 17.2. The average Bonchev–Trinajstić information content (AvgIpc) is 2.86. The van der Waals surface area contributed by atoms with Crippen molar-refractivity contribution in [2.24, 2.45) is 0 Å². The van der Waals surface area contributed by atoms with E-state index in [4.69, 9.17) is 0 Å². The summed E-state index contributed by atoms with van der Waals surface area (Å²) in [5, 5.41) is 11.2. The van der Waals surface area contributed by atoms with Gasteiger partial charge in [-0.3, -0.25) is 0 Å². The third-order valence-electron chi connectivity index (χ3n) is 4.64. The lowest BCUT2D eigenvalue weighted by molar-refractivity contribution is 0.558. The van der Waals surface area contributed by atoms with Crippen molar-refractivity contribution in [3.05, 3.63) is 83.1 Å². The van der Waals surface area contributed by atoms with Gasteiger partial charge in [-0.05, 0) is 60.0 Å². The Kier molecular flexibility index (Phi) is 4.24. The maximum atomic E-state index is 15.1. The van der Waals surface area contributed by atoms with Crippen LogP contribution in [0.25, 0.3) is 11.3 Å². The monoisotopic (exact) mass is 337 g/mol. The van der Waals surface area contributed by atoms with E-state index < -0.39 is 0 Å². The Morgan fingerprint density at radius 1 is 1.00 bits per heavy atom. The standard InChI is InChI=1S/C20H17F2N3/c21-17-5-2-1-4-15(17)16-7-9-23-12-14-10-13(11-18(22)20(14)16)19-6-3-8-24-25-19/h1-6,8,10-11,16,23H,7,9,12H2. The number of benzene rings is 2. The van der Waals surface area contributed by atoms with Gasteiger partial charge in [0.05, 0.1) is 5.69 Å². The maximum absolute atomic E-state index is 15.1. The first-order chi connectivity index (χ1) is 12.2. The number of halogens is 2. The summed E-state index contributed by atoms with van der Waals surface area (Å²) in [6.45, 7) is 1.25. The molecule has 5 heteroatoms. The molecule has 0 saturated carbocycles. The van der Waals surface area contributed by atoms with E-state index in [-0.39, 0.29) is 17.6 Å². The second-order valence-electron chi connectivity index (χ2n) is 6.18. The van der Waals surface area contributed by atoms with E-state index in [0.29, 0.717) is 41.9 Å². The predicted octanol–water partition coefficient (Wildman–Crippen LogP) is 4.05. The lowest BCUT2D eigenvalue weighted by atomic mass is 9.85. The summed E-state index contributed by atoms with van der Waals surface area (Å²) in [4.78, 5) is 0. The molecule has 0 saturated heterocycles. The summed E-state index contributed by atoms with van der Waals surface area (Å²) >= 11 is 0. The fourth-order valence-corrected chi connectivity index (χ4v) is 3.50. The Morgan fingerprint density at radius 2 is 1.88 bits per heavy atom. The van der Waals surface area contributed by atoms with Gasteiger partial charge in [-0.15, -0.1) is 0 Å². The van der Waals surface area contributed by atoms with Crippen LogP contribution in [-0.2, 0) is 6.54 Å². The first-order valence-corrected chi connectivity index (χ1v) is 8.29. The summed E-state index contributed by atoms with van der Waals surface area (Å²) in [5.41, 5.74) is 3.25. The molecule has 1 N–H and O–H groups in total. The van der Waals surface area contributed by atoms with E-state index in [1.165, 1.54) is 12.1 Å². The number of nitrogens with zero attached hydrogens (tertiary/aromatic N) is 2. The van der Waals surface area contributed by atoms with Gasteiger partial charge in [-0.25, -0.2) is 8.78 Å². The summed E-state index contributed by atoms with van der Waals surface area (Å²) in [6.07, 6.45) is 2.23. The fraction of sp³-hybridized carbons (Fsp3) is 0.200. The van der Waals surface area contributed by atoms with Crippen LogP contribution in [0.3, 0.4) is 0 Å². The van der Waals surface area contributed by atoms with Gasteiger partial charge in [0.1, 0.15) is 11.6 Å². The van der Waals surface area contributed by atoms with Crippen molar-refractivity contribution < 1.29 is 8.78 Å². The van der Waals surface area contributed by atoms with Crippen LogP contribution >= 0.6 is 0 Å². The molecule has 126 valence electrons. The highest BCUT2D eigenvalue weighted by atomic mass is 19.1. The van der Waals surface area contributed by atoms with Crippen LogP contribution < -0.4 is 5.32 Å². The molecule has 2 aromatic carbocycles. The molecule has 0 spiro atoms. The highest BCUT2D eigenvalue weighted by Crippen LogP contribution is 2.37. The quantitative estimate of drug-likeness (QED) is 0.767. The van der Waals surface area contributed by atoms with E-state index in [9.17, 15) is 4.39 Å². The largest absolute Gasteiger partial charge is 0.313 e. The third-order valence-corrected chi connectivity index (χ3v) is 4.64. The second kappa shape index (κ2) is 6.69. The van der Waals surface area contributed by atoms with Gasteiger partial charge in [0.2, 0.25) is 0 Å². The van der Waals surface area contributed by atoms with Gasteiger partial charge in [0, 0.05) is 24.2 Å². The molecule has 0 radical (unpaired) electrons. The van der Waals surface area contributed by atoms with Gasteiger partial charge in [-0.2, -0.15) is 10.2 Å². The van der Waals surface area contributed by atoms with Gasteiger partial charge in [0.25, 0.3) is 0 Å². The Labute approximate surface area is 144 Å². The molecule has 0 amide bonds. The molecular formula is C20H17F2N3. The van der Waals surface area contributed by atoms with Crippen LogP contribution in [-0.4, -0.2) is 16.7 Å². The number of hydrogen-bond acceptors (Lipinski definition) is 3. The molecule has 0 bridgehead atoms. The van der Waals surface area contributed by atoms with E-state index in [1.54, 1.807) is 36.5 Å². The zero-order valence-corrected chi connectivity index (χ0v) is 13.5. The Morgan fingerprint density at radius 3 is 2.68 bits per heavy atom. The van der Waals surface area contributed by atoms with Crippen LogP contribution in [0, 0.1) is 11.6 Å². The molecule has 1 aliphatic rings. The minimum atomic E-state index is -0.324. The van der Waals surface area contributed by atoms with Crippen LogP contribution in [0.5, 0.6) is 0 Å². The Balaban J connectivity index is 1.85. The zero-order valence-electron chi connectivity index (χ0n) is 13.5. The van der Waals surface area contributed by atoms with E-state index in [2.05, 4.69) is 15.5 Å². The van der Waals surface area contributed by atoms with Crippen molar-refractivity contribution in [2.45, 2.75) is 18.9 Å². The number of nitrogens with one attached hydrogen (secondary N) is 1. The third kappa shape index (κ3) is 3.03. The van der Waals surface area contributed by atoms with Crippen molar-refractivity contribution in [1.82, 2.24) is 15.5 Å². The van der Waals surface area contributed by atoms with E-state index in [0.717, 1.165) is 5.56 Å². The minimum Gasteiger partial charge on any atom is -0.313 e. The van der Waals surface area contributed by atoms with Gasteiger partial charge < -0.3 is 5.32 Å². The summed E-state index contributed by atoms with van der Waals surface area (Å²) in [7, 11) is 0. The first kappa shape index (κ1) is 15.8. The molecule has 1 aliphatic heterocycles. The highest BCUT2D eigenvalue weighted by Gasteiger charge is 2.26. The number of aromatic nitrogens is 2. The SMILES string of the molecule is Fc1ccccc1C1CCNCc2cc(-c3cccnn3)cc(F)c21. The van der Waals surface area contributed by atoms with Gasteiger partial charge in [0.15, 0.2) is 0 Å². The van der Waals surface area contributed by atoms with E-state index >= 15 is 4.39 Å². The van der Waals surface area contributed by atoms with Crippen LogP contribution in [0.1, 0.15) is 29.0 Å². The number of fused-ring (bicyclic) bond motifs is 1. The van der Waals surface area contributed by atoms with Crippen molar-refractivity contribution in [3.8, 4) is 11.3 Å². The summed E-state index contributed by atoms with van der Waals surface area (Å²) in [6, 6.07) is 13.6. The molecule has 0 fully saturated rings. The molecule has 0 aliphatic carbocycles. The maximum Gasteiger partial charge on any atom is 0.128 e. The first-order valence-electron chi connectivity index (χ1n) is 8.29. The fourth-order valence-electron chi connectivity index (χ4n) is 3.50. The normalized spacial score (nSPS) is 17.0. The lowest BCUT2D eigenvalue weighted by Crippen LogP contribution is -2.12. The molecule has 3 aromatic rings. The molecule has 1 aromatic heterocycles. The van der Waals surface area contributed by atoms with E-state index in [1.807, 2.05) is 6.07 Å². The molecule has 4 rings (SSSR count). The molecule has 3 nitrogen and oxygen atoms in total. The Bertz CT molecular complexity index is 897. The van der Waals surface area contributed by atoms with Crippen LogP contribution in [0.2, 0.25) is 0 Å². The van der Waals surface area contributed by atoms with Crippen molar-refractivity contribution >= 4 is 0 Å². The molecule has 25 heavy (non-hydrogen) atoms. The van der Waals surface area contributed by atoms with Crippen LogP contribution in [0.4, 0.5) is 8.78 Å². The minimum absolute atomic E-state index is 0.294. The Hall–Kier alpha value is -2.66. The summed E-state index contributed by atoms with van der Waals surface area (Å²) < 4.78 is 29.4. The average molecular weight is 337 g/mol. The van der Waals surface area contributed by atoms with Crippen molar-refractivity contribution in [2.75, 3.05) is 6.54 Å². The van der Waals surface area contributed by atoms with Crippen molar-refractivity contribution in [3.63, 3.8) is 0 Å². The molecule has 1 atom stereocenters. The second-order valence-corrected chi connectivity index (χ2v) is 6.18.